The number of quaternary nitrogens is 1. The molecule has 2 amide bonds. The molecule has 0 aliphatic rings. The van der Waals surface area contributed by atoms with Crippen LogP contribution in [0.25, 0.3) is 5.69 Å². The number of nitrogens with one attached hydrogen (secondary N) is 3. The van der Waals surface area contributed by atoms with Crippen LogP contribution in [0, 0.1) is 27.7 Å². The molecule has 0 saturated carbocycles. The molecule has 31 heavy (non-hydrogen) atoms. The number of nitrogens with zero attached hydrogens (tertiary/aromatic N) is 2. The zero-order valence-corrected chi connectivity index (χ0v) is 18.7. The lowest BCUT2D eigenvalue weighted by molar-refractivity contribution is -0.862. The van der Waals surface area contributed by atoms with Crippen molar-refractivity contribution >= 4 is 23.3 Å². The Morgan fingerprint density at radius 3 is 2.26 bits per heavy atom. The number of benzene rings is 2. The number of hydrogen-bond donors (Lipinski definition) is 3. The van der Waals surface area contributed by atoms with Gasteiger partial charge in [0.2, 0.25) is 0 Å². The van der Waals surface area contributed by atoms with E-state index in [9.17, 15) is 9.59 Å². The SMILES string of the molecule is Cc1ccc(-n2nc(C)cc2NC(=O)C[NH+](C)CC(=O)Nc2cccc(C)c2C)cc1. The average molecular weight is 421 g/mol. The van der Waals surface area contributed by atoms with Crippen LogP contribution in [-0.2, 0) is 9.59 Å². The van der Waals surface area contributed by atoms with E-state index >= 15 is 0 Å². The van der Waals surface area contributed by atoms with Crippen molar-refractivity contribution in [1.29, 1.82) is 0 Å². The summed E-state index contributed by atoms with van der Waals surface area (Å²) in [6, 6.07) is 15.6. The van der Waals surface area contributed by atoms with Gasteiger partial charge in [-0.1, -0.05) is 29.8 Å². The number of carbonyl (C=O) groups excluding carboxylic acids is 2. The Balaban J connectivity index is 1.59. The lowest BCUT2D eigenvalue weighted by atomic mass is 10.1. The van der Waals surface area contributed by atoms with Crippen molar-refractivity contribution in [1.82, 2.24) is 9.78 Å². The van der Waals surface area contributed by atoms with E-state index < -0.39 is 0 Å². The van der Waals surface area contributed by atoms with E-state index in [0.29, 0.717) is 5.82 Å². The summed E-state index contributed by atoms with van der Waals surface area (Å²) in [5, 5.41) is 10.3. The maximum Gasteiger partial charge on any atom is 0.280 e. The van der Waals surface area contributed by atoms with Crippen LogP contribution in [0.2, 0.25) is 0 Å². The summed E-state index contributed by atoms with van der Waals surface area (Å²) < 4.78 is 1.72. The maximum absolute atomic E-state index is 12.6. The van der Waals surface area contributed by atoms with Crippen LogP contribution in [0.3, 0.4) is 0 Å². The normalized spacial score (nSPS) is 11.8. The summed E-state index contributed by atoms with van der Waals surface area (Å²) in [5.74, 6) is 0.309. The molecule has 3 aromatic rings. The van der Waals surface area contributed by atoms with Crippen LogP contribution < -0.4 is 15.5 Å². The highest BCUT2D eigenvalue weighted by Gasteiger charge is 2.17. The number of likely N-dealkylation sites (N-methyl/N-ethyl adjacent to an activating group) is 1. The van der Waals surface area contributed by atoms with E-state index in [-0.39, 0.29) is 24.9 Å². The topological polar surface area (TPSA) is 80.5 Å². The van der Waals surface area contributed by atoms with E-state index in [1.54, 1.807) is 4.68 Å². The molecule has 0 saturated heterocycles. The molecule has 0 radical (unpaired) electrons. The fourth-order valence-corrected chi connectivity index (χ4v) is 3.35. The van der Waals surface area contributed by atoms with E-state index in [4.69, 9.17) is 0 Å². The van der Waals surface area contributed by atoms with Crippen LogP contribution in [-0.4, -0.2) is 41.7 Å². The highest BCUT2D eigenvalue weighted by atomic mass is 16.2. The summed E-state index contributed by atoms with van der Waals surface area (Å²) in [7, 11) is 1.82. The van der Waals surface area contributed by atoms with Crippen LogP contribution >= 0.6 is 0 Å². The second-order valence-electron chi connectivity index (χ2n) is 8.07. The van der Waals surface area contributed by atoms with Crippen molar-refractivity contribution in [2.24, 2.45) is 0 Å². The zero-order valence-electron chi connectivity index (χ0n) is 18.7. The summed E-state index contributed by atoms with van der Waals surface area (Å²) in [6.07, 6.45) is 0. The van der Waals surface area contributed by atoms with Crippen LogP contribution in [0.4, 0.5) is 11.5 Å². The summed E-state index contributed by atoms with van der Waals surface area (Å²) in [6.45, 7) is 8.25. The summed E-state index contributed by atoms with van der Waals surface area (Å²) in [5.41, 5.74) is 5.82. The van der Waals surface area contributed by atoms with Gasteiger partial charge < -0.3 is 15.5 Å². The molecule has 0 aliphatic heterocycles. The molecular formula is C24H30N5O2+. The Morgan fingerprint density at radius 2 is 1.58 bits per heavy atom. The molecule has 1 aromatic heterocycles. The quantitative estimate of drug-likeness (QED) is 0.548. The monoisotopic (exact) mass is 420 g/mol. The number of rotatable bonds is 7. The van der Waals surface area contributed by atoms with E-state index in [1.807, 2.05) is 83.3 Å². The van der Waals surface area contributed by atoms with E-state index in [1.165, 1.54) is 0 Å². The predicted molar refractivity (Wildman–Crippen MR) is 123 cm³/mol. The highest BCUT2D eigenvalue weighted by Crippen LogP contribution is 2.18. The smallest absolute Gasteiger partial charge is 0.280 e. The van der Waals surface area contributed by atoms with Crippen LogP contribution in [0.1, 0.15) is 22.4 Å². The first-order valence-corrected chi connectivity index (χ1v) is 10.3. The van der Waals surface area contributed by atoms with Crippen molar-refractivity contribution in [2.75, 3.05) is 30.8 Å². The van der Waals surface area contributed by atoms with Crippen molar-refractivity contribution in [3.05, 3.63) is 70.9 Å². The van der Waals surface area contributed by atoms with Gasteiger partial charge in [0.1, 0.15) is 5.82 Å². The van der Waals surface area contributed by atoms with Gasteiger partial charge in [0.15, 0.2) is 13.1 Å². The van der Waals surface area contributed by atoms with Crippen molar-refractivity contribution < 1.29 is 14.5 Å². The molecule has 1 atom stereocenters. The number of aromatic nitrogens is 2. The van der Waals surface area contributed by atoms with Gasteiger partial charge in [-0.15, -0.1) is 0 Å². The minimum atomic E-state index is -0.176. The van der Waals surface area contributed by atoms with Gasteiger partial charge in [-0.3, -0.25) is 9.59 Å². The Hall–Kier alpha value is -3.45. The summed E-state index contributed by atoms with van der Waals surface area (Å²) in [4.78, 5) is 25.8. The molecule has 1 heterocycles. The van der Waals surface area contributed by atoms with Gasteiger partial charge in [-0.2, -0.15) is 5.10 Å². The van der Waals surface area contributed by atoms with E-state index in [0.717, 1.165) is 38.7 Å². The number of carbonyl (C=O) groups is 2. The average Bonchev–Trinajstić information content (AvgIpc) is 3.05. The molecule has 0 aliphatic carbocycles. The summed E-state index contributed by atoms with van der Waals surface area (Å²) >= 11 is 0. The lowest BCUT2D eigenvalue weighted by Crippen LogP contribution is -3.11. The molecule has 3 rings (SSSR count). The van der Waals surface area contributed by atoms with Crippen molar-refractivity contribution in [3.8, 4) is 5.69 Å². The maximum atomic E-state index is 12.6. The fourth-order valence-electron chi connectivity index (χ4n) is 3.35. The van der Waals surface area contributed by atoms with Gasteiger partial charge in [0.25, 0.3) is 11.8 Å². The van der Waals surface area contributed by atoms with Gasteiger partial charge in [-0.25, -0.2) is 4.68 Å². The number of anilines is 2. The minimum absolute atomic E-state index is 0.125. The first-order chi connectivity index (χ1) is 14.7. The zero-order chi connectivity index (χ0) is 22.5. The Kier molecular flexibility index (Phi) is 6.87. The molecule has 162 valence electrons. The molecule has 3 N–H and O–H groups in total. The second-order valence-corrected chi connectivity index (χ2v) is 8.07. The lowest BCUT2D eigenvalue weighted by Gasteiger charge is -2.15. The third-order valence-electron chi connectivity index (χ3n) is 5.18. The molecular weight excluding hydrogens is 390 g/mol. The number of hydrogen-bond acceptors (Lipinski definition) is 3. The molecule has 1 unspecified atom stereocenters. The molecule has 0 spiro atoms. The minimum Gasteiger partial charge on any atom is -0.322 e. The van der Waals surface area contributed by atoms with Crippen molar-refractivity contribution in [2.45, 2.75) is 27.7 Å². The van der Waals surface area contributed by atoms with Gasteiger partial charge >= 0.3 is 0 Å². The largest absolute Gasteiger partial charge is 0.322 e. The Morgan fingerprint density at radius 1 is 0.935 bits per heavy atom. The third kappa shape index (κ3) is 5.79. The van der Waals surface area contributed by atoms with Gasteiger partial charge in [0.05, 0.1) is 18.4 Å². The molecule has 0 fully saturated rings. The molecule has 2 aromatic carbocycles. The Bertz CT molecular complexity index is 1090. The molecule has 0 bridgehead atoms. The van der Waals surface area contributed by atoms with Gasteiger partial charge in [0, 0.05) is 11.8 Å². The predicted octanol–water partition coefficient (Wildman–Crippen LogP) is 2.20. The van der Waals surface area contributed by atoms with Gasteiger partial charge in [-0.05, 0) is 57.0 Å². The van der Waals surface area contributed by atoms with E-state index in [2.05, 4.69) is 15.7 Å². The fraction of sp³-hybridized carbons (Fsp3) is 0.292. The van der Waals surface area contributed by atoms with Crippen LogP contribution in [0.15, 0.2) is 48.5 Å². The number of amides is 2. The number of aryl methyl sites for hydroxylation is 3. The second kappa shape index (κ2) is 9.57. The highest BCUT2D eigenvalue weighted by molar-refractivity contribution is 5.93. The van der Waals surface area contributed by atoms with Crippen molar-refractivity contribution in [3.63, 3.8) is 0 Å². The first kappa shape index (κ1) is 22.2. The third-order valence-corrected chi connectivity index (χ3v) is 5.18. The standard InChI is InChI=1S/C24H29N5O2/c1-16-9-11-20(12-10-16)29-22(13-18(3)27-29)26-24(31)15-28(5)14-23(30)25-21-8-6-7-17(2)19(21)4/h6-13H,14-15H2,1-5H3,(H,25,30)(H,26,31)/p+1. The molecule has 7 nitrogen and oxygen atoms in total. The first-order valence-electron chi connectivity index (χ1n) is 10.3. The Labute approximate surface area is 183 Å². The molecule has 7 heteroatoms. The van der Waals surface area contributed by atoms with Crippen LogP contribution in [0.5, 0.6) is 0 Å².